The van der Waals surface area contributed by atoms with E-state index in [1.807, 2.05) is 31.2 Å². The molecule has 0 saturated heterocycles. The number of nitrogens with two attached hydrogens (primary N) is 1. The molecule has 2 aromatic heterocycles. The van der Waals surface area contributed by atoms with Crippen LogP contribution in [0, 0.1) is 12.7 Å². The van der Waals surface area contributed by atoms with Crippen LogP contribution in [0.4, 0.5) is 10.2 Å². The summed E-state index contributed by atoms with van der Waals surface area (Å²) in [6, 6.07) is 12.1. The molecule has 148 valence electrons. The summed E-state index contributed by atoms with van der Waals surface area (Å²) in [5.41, 5.74) is 11.2. The van der Waals surface area contributed by atoms with Gasteiger partial charge in [-0.3, -0.25) is 0 Å². The van der Waals surface area contributed by atoms with Crippen LogP contribution in [0.3, 0.4) is 0 Å². The topological polar surface area (TPSA) is 74.7 Å². The van der Waals surface area contributed by atoms with Crippen LogP contribution < -0.4 is 15.2 Å². The van der Waals surface area contributed by atoms with Crippen LogP contribution in [-0.2, 0) is 6.42 Å². The lowest BCUT2D eigenvalue weighted by molar-refractivity contribution is 0.355. The van der Waals surface area contributed by atoms with Gasteiger partial charge in [0.1, 0.15) is 11.6 Å². The van der Waals surface area contributed by atoms with Crippen molar-refractivity contribution in [2.45, 2.75) is 13.3 Å². The molecule has 6 nitrogen and oxygen atoms in total. The van der Waals surface area contributed by atoms with Crippen molar-refractivity contribution in [2.75, 3.05) is 20.0 Å². The Kier molecular flexibility index (Phi) is 4.80. The first-order valence-electron chi connectivity index (χ1n) is 9.11. The molecule has 29 heavy (non-hydrogen) atoms. The van der Waals surface area contributed by atoms with E-state index < -0.39 is 0 Å². The molecule has 0 fully saturated rings. The number of methoxy groups -OCH3 is 2. The van der Waals surface area contributed by atoms with Crippen LogP contribution in [0.5, 0.6) is 11.5 Å². The van der Waals surface area contributed by atoms with Gasteiger partial charge in [-0.15, -0.1) is 0 Å². The summed E-state index contributed by atoms with van der Waals surface area (Å²) in [5, 5.41) is 4.44. The number of hydrogen-bond acceptors (Lipinski definition) is 5. The predicted molar refractivity (Wildman–Crippen MR) is 110 cm³/mol. The van der Waals surface area contributed by atoms with Crippen molar-refractivity contribution in [1.29, 1.82) is 0 Å². The summed E-state index contributed by atoms with van der Waals surface area (Å²) in [5.74, 6) is 1.48. The van der Waals surface area contributed by atoms with Crippen molar-refractivity contribution in [3.63, 3.8) is 0 Å². The standard InChI is InChI=1S/C22H21FN4O2/c1-13-17(10-14-5-4-6-16(23)9-14)21(24)27-22(26-13)18(12-25-27)15-7-8-19(28-2)20(11-15)29-3/h4-9,11-12H,10,24H2,1-3H3. The number of benzene rings is 2. The van der Waals surface area contributed by atoms with E-state index in [0.29, 0.717) is 29.4 Å². The number of aryl methyl sites for hydroxylation is 1. The van der Waals surface area contributed by atoms with Crippen LogP contribution in [0.2, 0.25) is 0 Å². The first-order chi connectivity index (χ1) is 14.0. The maximum atomic E-state index is 13.5. The number of hydrogen-bond donors (Lipinski definition) is 1. The Bertz CT molecular complexity index is 1200. The SMILES string of the molecule is COc1ccc(-c2cnn3c(N)c(Cc4cccc(F)c4)c(C)nc23)cc1OC. The Morgan fingerprint density at radius 1 is 1.07 bits per heavy atom. The maximum Gasteiger partial charge on any atom is 0.165 e. The number of nitrogen functional groups attached to an aromatic ring is 1. The molecule has 0 saturated carbocycles. The number of anilines is 1. The first-order valence-corrected chi connectivity index (χ1v) is 9.11. The molecule has 0 unspecified atom stereocenters. The lowest BCUT2D eigenvalue weighted by atomic mass is 10.0. The highest BCUT2D eigenvalue weighted by molar-refractivity contribution is 5.80. The highest BCUT2D eigenvalue weighted by Gasteiger charge is 2.17. The third-order valence-corrected chi connectivity index (χ3v) is 4.96. The molecule has 7 heteroatoms. The number of fused-ring (bicyclic) bond motifs is 1. The van der Waals surface area contributed by atoms with Gasteiger partial charge in [0.2, 0.25) is 0 Å². The molecule has 0 amide bonds. The normalized spacial score (nSPS) is 11.0. The third kappa shape index (κ3) is 3.35. The molecule has 0 spiro atoms. The van der Waals surface area contributed by atoms with Gasteiger partial charge >= 0.3 is 0 Å². The van der Waals surface area contributed by atoms with Crippen molar-refractivity contribution in [3.8, 4) is 22.6 Å². The monoisotopic (exact) mass is 392 g/mol. The van der Waals surface area contributed by atoms with Crippen molar-refractivity contribution in [3.05, 3.63) is 71.3 Å². The second kappa shape index (κ2) is 7.43. The van der Waals surface area contributed by atoms with E-state index in [-0.39, 0.29) is 5.82 Å². The Balaban J connectivity index is 1.80. The fourth-order valence-electron chi connectivity index (χ4n) is 3.44. The Hall–Kier alpha value is -3.61. The van der Waals surface area contributed by atoms with Gasteiger partial charge in [-0.1, -0.05) is 18.2 Å². The predicted octanol–water partition coefficient (Wildman–Crippen LogP) is 4.03. The fraction of sp³-hybridized carbons (Fsp3) is 0.182. The van der Waals surface area contributed by atoms with Gasteiger partial charge in [0.25, 0.3) is 0 Å². The van der Waals surface area contributed by atoms with E-state index in [0.717, 1.165) is 27.9 Å². The molecule has 0 radical (unpaired) electrons. The van der Waals surface area contributed by atoms with E-state index in [9.17, 15) is 4.39 Å². The highest BCUT2D eigenvalue weighted by Crippen LogP contribution is 2.34. The number of nitrogens with zero attached hydrogens (tertiary/aromatic N) is 3. The van der Waals surface area contributed by atoms with Crippen LogP contribution >= 0.6 is 0 Å². The summed E-state index contributed by atoms with van der Waals surface area (Å²) in [4.78, 5) is 4.74. The summed E-state index contributed by atoms with van der Waals surface area (Å²) in [6.45, 7) is 1.90. The molecule has 4 aromatic rings. The van der Waals surface area contributed by atoms with E-state index >= 15 is 0 Å². The molecular weight excluding hydrogens is 371 g/mol. The molecule has 2 aromatic carbocycles. The largest absolute Gasteiger partial charge is 0.493 e. The smallest absolute Gasteiger partial charge is 0.165 e. The average Bonchev–Trinajstić information content (AvgIpc) is 3.14. The minimum absolute atomic E-state index is 0.275. The van der Waals surface area contributed by atoms with Crippen molar-refractivity contribution < 1.29 is 13.9 Å². The van der Waals surface area contributed by atoms with Gasteiger partial charge in [-0.2, -0.15) is 9.61 Å². The molecule has 0 aliphatic heterocycles. The number of aromatic nitrogens is 3. The molecule has 0 bridgehead atoms. The van der Waals surface area contributed by atoms with Gasteiger partial charge < -0.3 is 15.2 Å². The zero-order chi connectivity index (χ0) is 20.5. The highest BCUT2D eigenvalue weighted by atomic mass is 19.1. The first kappa shape index (κ1) is 18.7. The van der Waals surface area contributed by atoms with Gasteiger partial charge in [-0.05, 0) is 42.3 Å². The molecule has 0 aliphatic rings. The maximum absolute atomic E-state index is 13.5. The van der Waals surface area contributed by atoms with E-state index in [4.69, 9.17) is 20.2 Å². The second-order valence-electron chi connectivity index (χ2n) is 6.73. The van der Waals surface area contributed by atoms with Gasteiger partial charge in [0.05, 0.1) is 20.4 Å². The molecule has 4 rings (SSSR count). The molecule has 2 N–H and O–H groups in total. The lowest BCUT2D eigenvalue weighted by Gasteiger charge is -2.12. The van der Waals surface area contributed by atoms with Gasteiger partial charge in [-0.25, -0.2) is 9.37 Å². The minimum Gasteiger partial charge on any atom is -0.493 e. The summed E-state index contributed by atoms with van der Waals surface area (Å²) in [6.07, 6.45) is 2.20. The fourth-order valence-corrected chi connectivity index (χ4v) is 3.44. The molecule has 0 aliphatic carbocycles. The summed E-state index contributed by atoms with van der Waals surface area (Å²) < 4.78 is 25.9. The van der Waals surface area contributed by atoms with Crippen molar-refractivity contribution in [1.82, 2.24) is 14.6 Å². The summed E-state index contributed by atoms with van der Waals surface area (Å²) >= 11 is 0. The van der Waals surface area contributed by atoms with Crippen LogP contribution in [0.15, 0.2) is 48.7 Å². The van der Waals surface area contributed by atoms with Crippen LogP contribution in [0.25, 0.3) is 16.8 Å². The van der Waals surface area contributed by atoms with Crippen LogP contribution in [-0.4, -0.2) is 28.8 Å². The quantitative estimate of drug-likeness (QED) is 0.555. The van der Waals surface area contributed by atoms with Gasteiger partial charge in [0, 0.05) is 23.2 Å². The third-order valence-electron chi connectivity index (χ3n) is 4.96. The second-order valence-corrected chi connectivity index (χ2v) is 6.73. The minimum atomic E-state index is -0.275. The Morgan fingerprint density at radius 3 is 2.59 bits per heavy atom. The van der Waals surface area contributed by atoms with E-state index in [2.05, 4.69) is 5.10 Å². The molecule has 2 heterocycles. The number of rotatable bonds is 5. The van der Waals surface area contributed by atoms with Crippen LogP contribution in [0.1, 0.15) is 16.8 Å². The average molecular weight is 392 g/mol. The summed E-state index contributed by atoms with van der Waals surface area (Å²) in [7, 11) is 3.19. The Labute approximate surface area is 167 Å². The Morgan fingerprint density at radius 2 is 1.86 bits per heavy atom. The molecular formula is C22H21FN4O2. The molecule has 0 atom stereocenters. The van der Waals surface area contributed by atoms with Crippen molar-refractivity contribution >= 4 is 11.5 Å². The lowest BCUT2D eigenvalue weighted by Crippen LogP contribution is -2.09. The number of ether oxygens (including phenoxy) is 2. The zero-order valence-corrected chi connectivity index (χ0v) is 16.4. The van der Waals surface area contributed by atoms with E-state index in [1.165, 1.54) is 12.1 Å². The number of halogens is 1. The van der Waals surface area contributed by atoms with Crippen molar-refractivity contribution in [2.24, 2.45) is 0 Å². The zero-order valence-electron chi connectivity index (χ0n) is 16.4. The van der Waals surface area contributed by atoms with E-state index in [1.54, 1.807) is 31.0 Å². The van der Waals surface area contributed by atoms with Gasteiger partial charge in [0.15, 0.2) is 17.1 Å².